The zero-order valence-electron chi connectivity index (χ0n) is 10.3. The minimum atomic E-state index is -0.557. The summed E-state index contributed by atoms with van der Waals surface area (Å²) in [6, 6.07) is 7.73. The largest absolute Gasteiger partial charge is 0.352 e. The second-order valence-corrected chi connectivity index (χ2v) is 5.45. The lowest BCUT2D eigenvalue weighted by Crippen LogP contribution is -2.25. The van der Waals surface area contributed by atoms with Gasteiger partial charge in [0.1, 0.15) is 0 Å². The first-order valence-electron chi connectivity index (χ1n) is 5.82. The summed E-state index contributed by atoms with van der Waals surface area (Å²) in [4.78, 5) is 23.2. The molecule has 2 aromatic rings. The number of nitrogens with zero attached hydrogens (tertiary/aromatic N) is 1. The number of nitro benzene ring substituents is 1. The summed E-state index contributed by atoms with van der Waals surface area (Å²) in [5, 5.41) is 15.6. The highest BCUT2D eigenvalue weighted by Gasteiger charge is 2.15. The van der Waals surface area contributed by atoms with Gasteiger partial charge in [-0.3, -0.25) is 14.9 Å². The molecule has 1 N–H and O–H groups in total. The Kier molecular flexibility index (Phi) is 4.70. The lowest BCUT2D eigenvalue weighted by atomic mass is 10.2. The van der Waals surface area contributed by atoms with Crippen LogP contribution in [-0.2, 0) is 6.42 Å². The topological polar surface area (TPSA) is 72.2 Å². The highest BCUT2D eigenvalue weighted by atomic mass is 35.5. The average molecular weight is 311 g/mol. The molecule has 0 saturated heterocycles. The number of thiophene rings is 1. The predicted octanol–water partition coefficient (Wildman–Crippen LogP) is 3.28. The van der Waals surface area contributed by atoms with Gasteiger partial charge in [-0.2, -0.15) is 0 Å². The zero-order valence-corrected chi connectivity index (χ0v) is 11.9. The van der Waals surface area contributed by atoms with E-state index >= 15 is 0 Å². The Balaban J connectivity index is 2.01. The summed E-state index contributed by atoms with van der Waals surface area (Å²) in [6.45, 7) is 0.457. The van der Waals surface area contributed by atoms with Crippen molar-refractivity contribution in [2.45, 2.75) is 6.42 Å². The van der Waals surface area contributed by atoms with Gasteiger partial charge in [0, 0.05) is 23.6 Å². The fraction of sp³-hybridized carbons (Fsp3) is 0.154. The van der Waals surface area contributed by atoms with E-state index in [2.05, 4.69) is 5.32 Å². The molecule has 0 saturated carbocycles. The van der Waals surface area contributed by atoms with Gasteiger partial charge < -0.3 is 5.32 Å². The van der Waals surface area contributed by atoms with Crippen LogP contribution in [0.25, 0.3) is 0 Å². The summed E-state index contributed by atoms with van der Waals surface area (Å²) < 4.78 is 0. The van der Waals surface area contributed by atoms with Crippen LogP contribution in [0.3, 0.4) is 0 Å². The van der Waals surface area contributed by atoms with Crippen molar-refractivity contribution < 1.29 is 9.72 Å². The zero-order chi connectivity index (χ0) is 14.5. The van der Waals surface area contributed by atoms with Crippen molar-refractivity contribution in [1.82, 2.24) is 5.32 Å². The molecule has 0 atom stereocenters. The van der Waals surface area contributed by atoms with E-state index in [1.807, 2.05) is 17.5 Å². The third-order valence-corrected chi connectivity index (χ3v) is 3.91. The van der Waals surface area contributed by atoms with Gasteiger partial charge in [-0.1, -0.05) is 17.7 Å². The van der Waals surface area contributed by atoms with Crippen LogP contribution in [0.5, 0.6) is 0 Å². The van der Waals surface area contributed by atoms with Crippen molar-refractivity contribution in [3.63, 3.8) is 0 Å². The number of carbonyl (C=O) groups is 1. The normalized spacial score (nSPS) is 10.2. The number of nitro groups is 1. The first-order valence-corrected chi connectivity index (χ1v) is 7.08. The van der Waals surface area contributed by atoms with E-state index in [0.29, 0.717) is 6.54 Å². The molecule has 0 spiro atoms. The molecule has 0 aliphatic rings. The number of benzene rings is 1. The number of rotatable bonds is 5. The second-order valence-electron chi connectivity index (χ2n) is 4.01. The summed E-state index contributed by atoms with van der Waals surface area (Å²) >= 11 is 7.51. The van der Waals surface area contributed by atoms with Crippen LogP contribution >= 0.6 is 22.9 Å². The van der Waals surface area contributed by atoms with Crippen LogP contribution in [0.4, 0.5) is 5.69 Å². The number of carbonyl (C=O) groups excluding carboxylic acids is 1. The highest BCUT2D eigenvalue weighted by molar-refractivity contribution is 7.09. The number of hydrogen-bond acceptors (Lipinski definition) is 4. The Morgan fingerprint density at radius 3 is 2.85 bits per heavy atom. The van der Waals surface area contributed by atoms with E-state index in [4.69, 9.17) is 11.6 Å². The fourth-order valence-corrected chi connectivity index (χ4v) is 2.56. The standard InChI is InChI=1S/C13H11ClN2O3S/c14-12-4-3-9(16(18)19)8-11(12)13(17)15-6-5-10-2-1-7-20-10/h1-4,7-8H,5-6H2,(H,15,17). The first kappa shape index (κ1) is 14.5. The average Bonchev–Trinajstić information content (AvgIpc) is 2.92. The lowest BCUT2D eigenvalue weighted by Gasteiger charge is -2.06. The van der Waals surface area contributed by atoms with Crippen LogP contribution in [0.15, 0.2) is 35.7 Å². The van der Waals surface area contributed by atoms with E-state index in [0.717, 1.165) is 11.3 Å². The molecule has 0 fully saturated rings. The van der Waals surface area contributed by atoms with Gasteiger partial charge in [0.2, 0.25) is 0 Å². The number of hydrogen-bond donors (Lipinski definition) is 1. The van der Waals surface area contributed by atoms with Gasteiger partial charge in [0.25, 0.3) is 11.6 Å². The van der Waals surface area contributed by atoms with Gasteiger partial charge >= 0.3 is 0 Å². The summed E-state index contributed by atoms with van der Waals surface area (Å²) in [6.07, 6.45) is 0.718. The maximum Gasteiger partial charge on any atom is 0.270 e. The van der Waals surface area contributed by atoms with Crippen LogP contribution in [0.1, 0.15) is 15.2 Å². The van der Waals surface area contributed by atoms with Gasteiger partial charge in [-0.05, 0) is 23.9 Å². The molecule has 0 bridgehead atoms. The van der Waals surface area contributed by atoms with Crippen molar-refractivity contribution in [3.05, 3.63) is 61.3 Å². The van der Waals surface area contributed by atoms with E-state index in [-0.39, 0.29) is 16.3 Å². The Labute approximate surface area is 124 Å². The third-order valence-electron chi connectivity index (χ3n) is 2.64. The summed E-state index contributed by atoms with van der Waals surface area (Å²) in [5.74, 6) is -0.407. The molecule has 5 nitrogen and oxygen atoms in total. The molecule has 0 radical (unpaired) electrons. The molecule has 0 aliphatic carbocycles. The van der Waals surface area contributed by atoms with Gasteiger partial charge in [-0.15, -0.1) is 11.3 Å². The lowest BCUT2D eigenvalue weighted by molar-refractivity contribution is -0.384. The minimum Gasteiger partial charge on any atom is -0.352 e. The third kappa shape index (κ3) is 3.55. The molecule has 1 aromatic carbocycles. The molecular formula is C13H11ClN2O3S. The van der Waals surface area contributed by atoms with E-state index in [9.17, 15) is 14.9 Å². The van der Waals surface area contributed by atoms with Crippen LogP contribution in [-0.4, -0.2) is 17.4 Å². The van der Waals surface area contributed by atoms with E-state index < -0.39 is 10.8 Å². The van der Waals surface area contributed by atoms with Crippen molar-refractivity contribution in [2.75, 3.05) is 6.54 Å². The maximum atomic E-state index is 12.0. The molecule has 0 aliphatic heterocycles. The molecule has 1 heterocycles. The summed E-state index contributed by atoms with van der Waals surface area (Å²) in [5.41, 5.74) is -0.0372. The first-order chi connectivity index (χ1) is 9.58. The van der Waals surface area contributed by atoms with Crippen molar-refractivity contribution in [3.8, 4) is 0 Å². The Hall–Kier alpha value is -1.92. The number of non-ortho nitro benzene ring substituents is 1. The number of nitrogens with one attached hydrogen (secondary N) is 1. The van der Waals surface area contributed by atoms with Crippen molar-refractivity contribution in [1.29, 1.82) is 0 Å². The predicted molar refractivity (Wildman–Crippen MR) is 78.5 cm³/mol. The van der Waals surface area contributed by atoms with E-state index in [1.54, 1.807) is 11.3 Å². The molecule has 1 amide bonds. The molecule has 2 rings (SSSR count). The van der Waals surface area contributed by atoms with Crippen molar-refractivity contribution in [2.24, 2.45) is 0 Å². The molecule has 104 valence electrons. The van der Waals surface area contributed by atoms with Gasteiger partial charge in [-0.25, -0.2) is 0 Å². The molecule has 1 aromatic heterocycles. The molecule has 7 heteroatoms. The highest BCUT2D eigenvalue weighted by Crippen LogP contribution is 2.21. The molecular weight excluding hydrogens is 300 g/mol. The quantitative estimate of drug-likeness (QED) is 0.680. The Morgan fingerprint density at radius 1 is 1.40 bits per heavy atom. The van der Waals surface area contributed by atoms with Crippen LogP contribution in [0.2, 0.25) is 5.02 Å². The van der Waals surface area contributed by atoms with Crippen LogP contribution in [0, 0.1) is 10.1 Å². The minimum absolute atomic E-state index is 0.118. The summed E-state index contributed by atoms with van der Waals surface area (Å²) in [7, 11) is 0. The Bertz CT molecular complexity index is 629. The molecule has 0 unspecified atom stereocenters. The van der Waals surface area contributed by atoms with Gasteiger partial charge in [0.05, 0.1) is 15.5 Å². The monoisotopic (exact) mass is 310 g/mol. The smallest absolute Gasteiger partial charge is 0.270 e. The van der Waals surface area contributed by atoms with E-state index in [1.165, 1.54) is 18.2 Å². The number of halogens is 1. The number of amides is 1. The maximum absolute atomic E-state index is 12.0. The van der Waals surface area contributed by atoms with Crippen LogP contribution < -0.4 is 5.32 Å². The molecule has 20 heavy (non-hydrogen) atoms. The van der Waals surface area contributed by atoms with Crippen molar-refractivity contribution >= 4 is 34.5 Å². The van der Waals surface area contributed by atoms with Gasteiger partial charge in [0.15, 0.2) is 0 Å². The second kappa shape index (κ2) is 6.49. The Morgan fingerprint density at radius 2 is 2.20 bits per heavy atom. The fourth-order valence-electron chi connectivity index (χ4n) is 1.65. The SMILES string of the molecule is O=C(NCCc1cccs1)c1cc([N+](=O)[O-])ccc1Cl.